The Morgan fingerprint density at radius 3 is 2.71 bits per heavy atom. The highest BCUT2D eigenvalue weighted by Crippen LogP contribution is 2.23. The number of carboxylic acids is 1. The predicted octanol–water partition coefficient (Wildman–Crippen LogP) is 0.213. The topological polar surface area (TPSA) is 83.6 Å². The summed E-state index contributed by atoms with van der Waals surface area (Å²) in [5, 5.41) is 8.97. The van der Waals surface area contributed by atoms with Gasteiger partial charge >= 0.3 is 5.97 Å². The molecule has 0 aromatic heterocycles. The van der Waals surface area contributed by atoms with Gasteiger partial charge in [0.15, 0.2) is 0 Å². The number of amides is 1. The van der Waals surface area contributed by atoms with Crippen molar-refractivity contribution in [3.63, 3.8) is 0 Å². The van der Waals surface area contributed by atoms with Gasteiger partial charge < -0.3 is 15.7 Å². The van der Waals surface area contributed by atoms with Gasteiger partial charge in [-0.1, -0.05) is 12.2 Å². The Morgan fingerprint density at radius 2 is 2.12 bits per heavy atom. The van der Waals surface area contributed by atoms with Crippen LogP contribution in [0.15, 0.2) is 12.2 Å². The summed E-state index contributed by atoms with van der Waals surface area (Å²) in [6.45, 7) is 1.01. The van der Waals surface area contributed by atoms with Crippen LogP contribution in [0.2, 0.25) is 0 Å². The van der Waals surface area contributed by atoms with Crippen LogP contribution in [0.25, 0.3) is 0 Å². The highest BCUT2D eigenvalue weighted by Gasteiger charge is 2.32. The molecular weight excluding hydrogens is 220 g/mol. The van der Waals surface area contributed by atoms with Crippen LogP contribution in [-0.4, -0.2) is 41.0 Å². The largest absolute Gasteiger partial charge is 0.481 e. The molecule has 0 spiro atoms. The van der Waals surface area contributed by atoms with E-state index in [9.17, 15) is 9.59 Å². The minimum atomic E-state index is -0.804. The number of aliphatic carboxylic acids is 1. The summed E-state index contributed by atoms with van der Waals surface area (Å²) < 4.78 is 0. The number of carboxylic acid groups (broad SMARTS) is 1. The molecule has 2 aliphatic rings. The van der Waals surface area contributed by atoms with Crippen LogP contribution in [0.3, 0.4) is 0 Å². The number of nitrogens with two attached hydrogens (primary N) is 1. The lowest BCUT2D eigenvalue weighted by atomic mass is 9.96. The Kier molecular flexibility index (Phi) is 3.47. The molecule has 94 valence electrons. The molecule has 1 saturated heterocycles. The minimum absolute atomic E-state index is 0.0279. The molecule has 0 bridgehead atoms. The van der Waals surface area contributed by atoms with Gasteiger partial charge in [0.05, 0.1) is 11.8 Å². The Morgan fingerprint density at radius 1 is 1.35 bits per heavy atom. The molecule has 1 fully saturated rings. The standard InChI is InChI=1S/C12H18N2O3/c13-10-4-3-8(6-10)11(15)14-5-1-2-9(7-14)12(16)17/h3-4,8-10H,1-2,5-7,13H2,(H,16,17)/t8?,9-,10?/m0/s1. The SMILES string of the molecule is NC1C=CC(C(=O)N2CCC[C@H](C(=O)O)C2)C1. The van der Waals surface area contributed by atoms with E-state index < -0.39 is 11.9 Å². The molecule has 0 radical (unpaired) electrons. The van der Waals surface area contributed by atoms with Crippen molar-refractivity contribution < 1.29 is 14.7 Å². The molecule has 1 heterocycles. The van der Waals surface area contributed by atoms with Crippen molar-refractivity contribution >= 4 is 11.9 Å². The van der Waals surface area contributed by atoms with E-state index in [0.29, 0.717) is 25.9 Å². The van der Waals surface area contributed by atoms with Crippen molar-refractivity contribution in [3.8, 4) is 0 Å². The van der Waals surface area contributed by atoms with Gasteiger partial charge in [-0.05, 0) is 19.3 Å². The third-order valence-electron chi connectivity index (χ3n) is 3.52. The first-order valence-electron chi connectivity index (χ1n) is 6.03. The normalized spacial score (nSPS) is 32.8. The van der Waals surface area contributed by atoms with Gasteiger partial charge in [-0.2, -0.15) is 0 Å². The molecule has 1 aliphatic carbocycles. The second-order valence-electron chi connectivity index (χ2n) is 4.85. The fourth-order valence-electron chi connectivity index (χ4n) is 2.52. The molecular formula is C12H18N2O3. The maximum atomic E-state index is 12.1. The summed E-state index contributed by atoms with van der Waals surface area (Å²) in [7, 11) is 0. The number of piperidine rings is 1. The van der Waals surface area contributed by atoms with Gasteiger partial charge in [0.25, 0.3) is 0 Å². The molecule has 0 aromatic rings. The average Bonchev–Trinajstić information content (AvgIpc) is 2.75. The smallest absolute Gasteiger partial charge is 0.308 e. The molecule has 1 amide bonds. The van der Waals surface area contributed by atoms with Crippen molar-refractivity contribution in [2.75, 3.05) is 13.1 Å². The summed E-state index contributed by atoms with van der Waals surface area (Å²) in [6, 6.07) is -0.0380. The summed E-state index contributed by atoms with van der Waals surface area (Å²) in [5.41, 5.74) is 5.72. The molecule has 0 aromatic carbocycles. The van der Waals surface area contributed by atoms with E-state index in [-0.39, 0.29) is 17.9 Å². The number of likely N-dealkylation sites (tertiary alicyclic amines) is 1. The molecule has 3 atom stereocenters. The van der Waals surface area contributed by atoms with E-state index in [0.717, 1.165) is 6.42 Å². The third kappa shape index (κ3) is 2.66. The molecule has 2 unspecified atom stereocenters. The molecule has 1 aliphatic heterocycles. The van der Waals surface area contributed by atoms with Gasteiger partial charge in [-0.3, -0.25) is 9.59 Å². The third-order valence-corrected chi connectivity index (χ3v) is 3.52. The van der Waals surface area contributed by atoms with Crippen molar-refractivity contribution in [1.82, 2.24) is 4.90 Å². The maximum absolute atomic E-state index is 12.1. The van der Waals surface area contributed by atoms with Crippen molar-refractivity contribution in [2.45, 2.75) is 25.3 Å². The Balaban J connectivity index is 1.95. The lowest BCUT2D eigenvalue weighted by molar-refractivity contribution is -0.146. The van der Waals surface area contributed by atoms with Gasteiger partial charge in [0.2, 0.25) is 5.91 Å². The molecule has 3 N–H and O–H groups in total. The number of carbonyl (C=O) groups excluding carboxylic acids is 1. The van der Waals surface area contributed by atoms with E-state index in [1.807, 2.05) is 12.2 Å². The van der Waals surface area contributed by atoms with Gasteiger partial charge in [0, 0.05) is 19.1 Å². The van der Waals surface area contributed by atoms with Crippen LogP contribution in [-0.2, 0) is 9.59 Å². The van der Waals surface area contributed by atoms with Crippen LogP contribution in [0, 0.1) is 11.8 Å². The Labute approximate surface area is 100 Å². The van der Waals surface area contributed by atoms with E-state index in [1.54, 1.807) is 4.90 Å². The van der Waals surface area contributed by atoms with Crippen molar-refractivity contribution in [2.24, 2.45) is 17.6 Å². The zero-order valence-corrected chi connectivity index (χ0v) is 9.71. The lowest BCUT2D eigenvalue weighted by Crippen LogP contribution is -2.44. The first kappa shape index (κ1) is 12.1. The summed E-state index contributed by atoms with van der Waals surface area (Å²) in [6.07, 6.45) is 5.77. The number of nitrogens with zero attached hydrogens (tertiary/aromatic N) is 1. The number of carbonyl (C=O) groups is 2. The Bertz CT molecular complexity index is 354. The average molecular weight is 238 g/mol. The number of hydrogen-bond donors (Lipinski definition) is 2. The first-order valence-corrected chi connectivity index (χ1v) is 6.03. The highest BCUT2D eigenvalue weighted by atomic mass is 16.4. The van der Waals surface area contributed by atoms with Gasteiger partial charge in [-0.15, -0.1) is 0 Å². The molecule has 2 rings (SSSR count). The number of hydrogen-bond acceptors (Lipinski definition) is 3. The van der Waals surface area contributed by atoms with Crippen LogP contribution < -0.4 is 5.73 Å². The van der Waals surface area contributed by atoms with Gasteiger partial charge in [0.1, 0.15) is 0 Å². The molecule has 5 nitrogen and oxygen atoms in total. The zero-order chi connectivity index (χ0) is 12.4. The predicted molar refractivity (Wildman–Crippen MR) is 62.2 cm³/mol. The highest BCUT2D eigenvalue weighted by molar-refractivity contribution is 5.82. The van der Waals surface area contributed by atoms with Crippen LogP contribution in [0.1, 0.15) is 19.3 Å². The van der Waals surface area contributed by atoms with Crippen molar-refractivity contribution in [1.29, 1.82) is 0 Å². The summed E-state index contributed by atoms with van der Waals surface area (Å²) >= 11 is 0. The summed E-state index contributed by atoms with van der Waals surface area (Å²) in [5.74, 6) is -1.34. The quantitative estimate of drug-likeness (QED) is 0.674. The molecule has 0 saturated carbocycles. The van der Waals surface area contributed by atoms with Crippen LogP contribution >= 0.6 is 0 Å². The van der Waals surface area contributed by atoms with Crippen LogP contribution in [0.4, 0.5) is 0 Å². The fraction of sp³-hybridized carbons (Fsp3) is 0.667. The minimum Gasteiger partial charge on any atom is -0.481 e. The molecule has 5 heteroatoms. The second kappa shape index (κ2) is 4.87. The Hall–Kier alpha value is -1.36. The fourth-order valence-corrected chi connectivity index (χ4v) is 2.52. The first-order chi connectivity index (χ1) is 8.08. The molecule has 17 heavy (non-hydrogen) atoms. The lowest BCUT2D eigenvalue weighted by Gasteiger charge is -2.32. The second-order valence-corrected chi connectivity index (χ2v) is 4.85. The van der Waals surface area contributed by atoms with E-state index in [4.69, 9.17) is 10.8 Å². The van der Waals surface area contributed by atoms with E-state index in [2.05, 4.69) is 0 Å². The number of rotatable bonds is 2. The van der Waals surface area contributed by atoms with Gasteiger partial charge in [-0.25, -0.2) is 0 Å². The van der Waals surface area contributed by atoms with Crippen molar-refractivity contribution in [3.05, 3.63) is 12.2 Å². The van der Waals surface area contributed by atoms with E-state index >= 15 is 0 Å². The van der Waals surface area contributed by atoms with Crippen LogP contribution in [0.5, 0.6) is 0 Å². The zero-order valence-electron chi connectivity index (χ0n) is 9.71. The summed E-state index contributed by atoms with van der Waals surface area (Å²) in [4.78, 5) is 24.7. The maximum Gasteiger partial charge on any atom is 0.308 e. The monoisotopic (exact) mass is 238 g/mol. The van der Waals surface area contributed by atoms with E-state index in [1.165, 1.54) is 0 Å².